The maximum atomic E-state index is 14.1. The molecule has 2 aliphatic rings. The average molecular weight is 793 g/mol. The molecule has 2 aromatic carbocycles. The molecule has 2 heterocycles. The zero-order chi connectivity index (χ0) is 40.4. The lowest BCUT2D eigenvalue weighted by molar-refractivity contribution is -0.141. The quantitative estimate of drug-likeness (QED) is 0.0822. The Morgan fingerprint density at radius 2 is 1.43 bits per heavy atom. The van der Waals surface area contributed by atoms with E-state index in [0.29, 0.717) is 44.6 Å². The average Bonchev–Trinajstić information content (AvgIpc) is 3.50. The second kappa shape index (κ2) is 22.3. The SMILES string of the molecule is CCCCCCCC/C=C\CCCCCCCC(=O)NC(C)(C)C(=O)N[C@H](COCc1ccccc1)C(=O)N1CCC2(CC1)CN(S(C)(=O)=O)c1ccccc12. The van der Waals surface area contributed by atoms with Crippen molar-refractivity contribution >= 4 is 33.4 Å². The lowest BCUT2D eigenvalue weighted by atomic mass is 9.74. The summed E-state index contributed by atoms with van der Waals surface area (Å²) in [5, 5.41) is 5.80. The van der Waals surface area contributed by atoms with Crippen molar-refractivity contribution in [3.63, 3.8) is 0 Å². The van der Waals surface area contributed by atoms with Gasteiger partial charge in [0, 0.05) is 31.5 Å². The van der Waals surface area contributed by atoms with E-state index < -0.39 is 32.9 Å². The molecule has 4 rings (SSSR count). The van der Waals surface area contributed by atoms with Gasteiger partial charge in [-0.25, -0.2) is 8.42 Å². The Balaban J connectivity index is 1.24. The van der Waals surface area contributed by atoms with Crippen molar-refractivity contribution in [2.24, 2.45) is 0 Å². The van der Waals surface area contributed by atoms with Crippen molar-refractivity contribution in [3.05, 3.63) is 77.9 Å². The number of ether oxygens (including phenoxy) is 1. The summed E-state index contributed by atoms with van der Waals surface area (Å²) in [5.41, 5.74) is 1.01. The number of allylic oxidation sites excluding steroid dienone is 2. The first-order valence-corrected chi connectivity index (χ1v) is 23.0. The van der Waals surface area contributed by atoms with Gasteiger partial charge in [-0.1, -0.05) is 119 Å². The maximum Gasteiger partial charge on any atom is 0.247 e. The van der Waals surface area contributed by atoms with Crippen LogP contribution >= 0.6 is 0 Å². The van der Waals surface area contributed by atoms with E-state index in [9.17, 15) is 22.8 Å². The van der Waals surface area contributed by atoms with Crippen LogP contribution < -0.4 is 14.9 Å². The number of amides is 3. The number of hydrogen-bond acceptors (Lipinski definition) is 6. The summed E-state index contributed by atoms with van der Waals surface area (Å²) in [4.78, 5) is 42.5. The molecular weight excluding hydrogens is 725 g/mol. The molecule has 0 aromatic heterocycles. The van der Waals surface area contributed by atoms with Crippen LogP contribution in [0.2, 0.25) is 0 Å². The van der Waals surface area contributed by atoms with Crippen molar-refractivity contribution in [1.29, 1.82) is 0 Å². The maximum absolute atomic E-state index is 14.1. The van der Waals surface area contributed by atoms with Gasteiger partial charge >= 0.3 is 0 Å². The van der Waals surface area contributed by atoms with E-state index in [-0.39, 0.29) is 25.0 Å². The van der Waals surface area contributed by atoms with E-state index >= 15 is 0 Å². The van der Waals surface area contributed by atoms with Gasteiger partial charge in [0.15, 0.2) is 0 Å². The van der Waals surface area contributed by atoms with E-state index in [1.807, 2.05) is 54.6 Å². The molecule has 2 aromatic rings. The second-order valence-electron chi connectivity index (χ2n) is 16.4. The summed E-state index contributed by atoms with van der Waals surface area (Å²) in [7, 11) is -3.46. The number of rotatable bonds is 24. The molecule has 3 amide bonds. The van der Waals surface area contributed by atoms with Crippen LogP contribution in [0.3, 0.4) is 0 Å². The molecule has 11 heteroatoms. The van der Waals surface area contributed by atoms with Gasteiger partial charge in [0.05, 0.1) is 25.2 Å². The number of nitrogens with one attached hydrogen (secondary N) is 2. The summed E-state index contributed by atoms with van der Waals surface area (Å²) in [6, 6.07) is 16.3. The number of carbonyl (C=O) groups is 3. The number of fused-ring (bicyclic) bond motifs is 2. The predicted octanol–water partition coefficient (Wildman–Crippen LogP) is 7.96. The molecule has 1 saturated heterocycles. The molecular formula is C45H68N4O6S. The van der Waals surface area contributed by atoms with Crippen LogP contribution in [0.5, 0.6) is 0 Å². The summed E-state index contributed by atoms with van der Waals surface area (Å²) >= 11 is 0. The number of carbonyl (C=O) groups excluding carboxylic acids is 3. The molecule has 0 aliphatic carbocycles. The fraction of sp³-hybridized carbons (Fsp3) is 0.622. The van der Waals surface area contributed by atoms with Crippen LogP contribution in [0, 0.1) is 0 Å². The van der Waals surface area contributed by atoms with Crippen LogP contribution in [0.1, 0.15) is 135 Å². The standard InChI is InChI=1S/C45H68N4O6S/c1-5-6-7-8-9-10-11-12-13-14-15-16-17-18-22-29-41(50)47-44(2,3)43(52)46-39(35-55-34-37-25-20-19-21-26-37)42(51)48-32-30-45(31-33-48)36-49(56(4,53)54)40-28-24-23-27-38(40)45/h12-13,19-21,23-28,39H,5-11,14-18,22,29-36H2,1-4H3,(H,46,52)(H,47,50)/b13-12-/t39-/m1/s1. The van der Waals surface area contributed by atoms with E-state index in [1.54, 1.807) is 18.7 Å². The van der Waals surface area contributed by atoms with Gasteiger partial charge < -0.3 is 20.3 Å². The molecule has 10 nitrogen and oxygen atoms in total. The smallest absolute Gasteiger partial charge is 0.247 e. The highest BCUT2D eigenvalue weighted by molar-refractivity contribution is 7.92. The minimum atomic E-state index is -3.46. The molecule has 2 N–H and O–H groups in total. The summed E-state index contributed by atoms with van der Waals surface area (Å²) < 4.78 is 32.8. The van der Waals surface area contributed by atoms with E-state index in [4.69, 9.17) is 4.74 Å². The highest BCUT2D eigenvalue weighted by atomic mass is 32.2. The minimum Gasteiger partial charge on any atom is -0.374 e. The molecule has 0 bridgehead atoms. The number of anilines is 1. The van der Waals surface area contributed by atoms with Crippen molar-refractivity contribution in [3.8, 4) is 0 Å². The Morgan fingerprint density at radius 3 is 2.07 bits per heavy atom. The summed E-state index contributed by atoms with van der Waals surface area (Å²) in [5.74, 6) is -0.908. The Hall–Kier alpha value is -3.70. The largest absolute Gasteiger partial charge is 0.374 e. The Kier molecular flexibility index (Phi) is 17.9. The third-order valence-electron chi connectivity index (χ3n) is 11.3. The van der Waals surface area contributed by atoms with Crippen LogP contribution in [-0.2, 0) is 41.2 Å². The predicted molar refractivity (Wildman–Crippen MR) is 226 cm³/mol. The number of para-hydroxylation sites is 1. The van der Waals surface area contributed by atoms with Gasteiger partial charge in [0.25, 0.3) is 0 Å². The van der Waals surface area contributed by atoms with Crippen molar-refractivity contribution in [1.82, 2.24) is 15.5 Å². The number of sulfonamides is 1. The third-order valence-corrected chi connectivity index (χ3v) is 12.4. The highest BCUT2D eigenvalue weighted by Gasteiger charge is 2.48. The van der Waals surface area contributed by atoms with Crippen molar-refractivity contribution in [2.75, 3.05) is 36.8 Å². The number of unbranched alkanes of at least 4 members (excludes halogenated alkanes) is 11. The fourth-order valence-corrected chi connectivity index (χ4v) is 8.89. The molecule has 0 radical (unpaired) electrons. The first-order valence-electron chi connectivity index (χ1n) is 21.1. The van der Waals surface area contributed by atoms with Crippen LogP contribution in [0.15, 0.2) is 66.7 Å². The van der Waals surface area contributed by atoms with Gasteiger partial charge in [-0.05, 0) is 76.0 Å². The Labute approximate surface area is 337 Å². The van der Waals surface area contributed by atoms with Gasteiger partial charge in [-0.2, -0.15) is 0 Å². The first kappa shape index (κ1) is 45.0. The Bertz CT molecular complexity index is 1670. The number of likely N-dealkylation sites (tertiary alicyclic amines) is 1. The highest BCUT2D eigenvalue weighted by Crippen LogP contribution is 2.47. The number of piperidine rings is 1. The van der Waals surface area contributed by atoms with Gasteiger partial charge in [-0.3, -0.25) is 18.7 Å². The number of hydrogen-bond donors (Lipinski definition) is 2. The lowest BCUT2D eigenvalue weighted by Gasteiger charge is -2.41. The second-order valence-corrected chi connectivity index (χ2v) is 18.3. The monoisotopic (exact) mass is 792 g/mol. The summed E-state index contributed by atoms with van der Waals surface area (Å²) in [6.07, 6.45) is 22.8. The molecule has 1 atom stereocenters. The molecule has 1 fully saturated rings. The van der Waals surface area contributed by atoms with Crippen LogP contribution in [-0.4, -0.2) is 75.1 Å². The van der Waals surface area contributed by atoms with Crippen molar-refractivity contribution in [2.45, 2.75) is 147 Å². The minimum absolute atomic E-state index is 0.0370. The number of nitrogens with zero attached hydrogens (tertiary/aromatic N) is 2. The fourth-order valence-electron chi connectivity index (χ4n) is 7.89. The summed E-state index contributed by atoms with van der Waals surface area (Å²) in [6.45, 7) is 6.96. The van der Waals surface area contributed by atoms with Gasteiger partial charge in [0.1, 0.15) is 11.6 Å². The first-order chi connectivity index (χ1) is 26.9. The lowest BCUT2D eigenvalue weighted by Crippen LogP contribution is -2.61. The molecule has 0 saturated carbocycles. The number of benzene rings is 2. The van der Waals surface area contributed by atoms with E-state index in [0.717, 1.165) is 49.7 Å². The molecule has 310 valence electrons. The van der Waals surface area contributed by atoms with Crippen molar-refractivity contribution < 1.29 is 27.5 Å². The topological polar surface area (TPSA) is 125 Å². The zero-order valence-corrected chi connectivity index (χ0v) is 35.3. The van der Waals surface area contributed by atoms with E-state index in [1.165, 1.54) is 55.5 Å². The van der Waals surface area contributed by atoms with Crippen LogP contribution in [0.4, 0.5) is 5.69 Å². The Morgan fingerprint density at radius 1 is 0.839 bits per heavy atom. The molecule has 1 spiro atoms. The third kappa shape index (κ3) is 13.7. The molecule has 2 aliphatic heterocycles. The van der Waals surface area contributed by atoms with Gasteiger partial charge in [0.2, 0.25) is 27.7 Å². The van der Waals surface area contributed by atoms with E-state index in [2.05, 4.69) is 29.7 Å². The van der Waals surface area contributed by atoms with Crippen LogP contribution in [0.25, 0.3) is 0 Å². The zero-order valence-electron chi connectivity index (χ0n) is 34.5. The molecule has 56 heavy (non-hydrogen) atoms. The normalized spacial score (nSPS) is 15.9. The molecule has 0 unspecified atom stereocenters. The van der Waals surface area contributed by atoms with Gasteiger partial charge in [-0.15, -0.1) is 0 Å².